The number of nitrogen functional groups attached to an aromatic ring is 1. The molecule has 1 heterocycles. The molecule has 0 radical (unpaired) electrons. The van der Waals surface area contributed by atoms with Crippen molar-refractivity contribution >= 4 is 5.69 Å². The van der Waals surface area contributed by atoms with Crippen molar-refractivity contribution in [2.45, 2.75) is 6.18 Å². The number of anilines is 1. The number of aromatic nitrogens is 1. The molecule has 0 spiro atoms. The minimum Gasteiger partial charge on any atom is -0.439 e. The molecule has 0 unspecified atom stereocenters. The smallest absolute Gasteiger partial charge is 0.419 e. The number of nitrogens with two attached hydrogens (primary N) is 1. The second-order valence-electron chi connectivity index (χ2n) is 3.67. The quantitative estimate of drug-likeness (QED) is 0.849. The summed E-state index contributed by atoms with van der Waals surface area (Å²) >= 11 is 0. The maximum atomic E-state index is 13.0. The Balaban J connectivity index is 2.29. The monoisotopic (exact) mass is 272 g/mol. The second-order valence-corrected chi connectivity index (χ2v) is 3.67. The second kappa shape index (κ2) is 4.75. The summed E-state index contributed by atoms with van der Waals surface area (Å²) in [4.78, 5) is 3.77. The summed E-state index contributed by atoms with van der Waals surface area (Å²) in [5.41, 5.74) is 4.41. The van der Waals surface area contributed by atoms with Crippen LogP contribution < -0.4 is 10.5 Å². The van der Waals surface area contributed by atoms with Gasteiger partial charge in [-0.2, -0.15) is 13.2 Å². The van der Waals surface area contributed by atoms with Crippen molar-refractivity contribution in [1.29, 1.82) is 0 Å². The van der Waals surface area contributed by atoms with Crippen molar-refractivity contribution in [3.8, 4) is 11.6 Å². The molecule has 0 aliphatic heterocycles. The van der Waals surface area contributed by atoms with Gasteiger partial charge in [0.2, 0.25) is 5.88 Å². The van der Waals surface area contributed by atoms with Crippen LogP contribution >= 0.6 is 0 Å². The Labute approximate surface area is 105 Å². The molecule has 2 rings (SSSR count). The minimum absolute atomic E-state index is 0.0638. The van der Waals surface area contributed by atoms with Gasteiger partial charge in [0.25, 0.3) is 0 Å². The molecule has 100 valence electrons. The van der Waals surface area contributed by atoms with Gasteiger partial charge in [0.05, 0.1) is 17.4 Å². The van der Waals surface area contributed by atoms with Crippen molar-refractivity contribution in [2.75, 3.05) is 5.73 Å². The molecule has 7 heteroatoms. The molecule has 1 aromatic carbocycles. The van der Waals surface area contributed by atoms with E-state index in [1.807, 2.05) is 0 Å². The summed E-state index contributed by atoms with van der Waals surface area (Å²) in [5.74, 6) is -1.45. The summed E-state index contributed by atoms with van der Waals surface area (Å²) in [6.45, 7) is 0. The molecule has 0 fully saturated rings. The van der Waals surface area contributed by atoms with Gasteiger partial charge in [-0.25, -0.2) is 9.37 Å². The molecule has 3 nitrogen and oxygen atoms in total. The Kier molecular flexibility index (Phi) is 3.28. The third-order valence-corrected chi connectivity index (χ3v) is 2.22. The lowest BCUT2D eigenvalue weighted by molar-refractivity contribution is -0.140. The van der Waals surface area contributed by atoms with Crippen molar-refractivity contribution < 1.29 is 22.3 Å². The van der Waals surface area contributed by atoms with Gasteiger partial charge < -0.3 is 10.5 Å². The van der Waals surface area contributed by atoms with E-state index in [-0.39, 0.29) is 11.6 Å². The SMILES string of the molecule is Nc1ccc(Oc2ccc(F)c(C(F)(F)F)c2)nc1. The lowest BCUT2D eigenvalue weighted by Gasteiger charge is -2.10. The Morgan fingerprint density at radius 1 is 1.11 bits per heavy atom. The van der Waals surface area contributed by atoms with Gasteiger partial charge in [-0.3, -0.25) is 0 Å². The summed E-state index contributed by atoms with van der Waals surface area (Å²) in [7, 11) is 0. The Morgan fingerprint density at radius 3 is 2.42 bits per heavy atom. The molecule has 0 aliphatic carbocycles. The van der Waals surface area contributed by atoms with Crippen molar-refractivity contribution in [2.24, 2.45) is 0 Å². The number of benzene rings is 1. The van der Waals surface area contributed by atoms with Gasteiger partial charge in [-0.05, 0) is 24.3 Å². The summed E-state index contributed by atoms with van der Waals surface area (Å²) in [6.07, 6.45) is -3.48. The lowest BCUT2D eigenvalue weighted by atomic mass is 10.2. The zero-order valence-electron chi connectivity index (χ0n) is 9.41. The fourth-order valence-electron chi connectivity index (χ4n) is 1.36. The predicted molar refractivity (Wildman–Crippen MR) is 60.1 cm³/mol. The van der Waals surface area contributed by atoms with E-state index in [2.05, 4.69) is 4.98 Å². The van der Waals surface area contributed by atoms with Crippen LogP contribution in [-0.4, -0.2) is 4.98 Å². The van der Waals surface area contributed by atoms with Crippen LogP contribution in [0, 0.1) is 5.82 Å². The fourth-order valence-corrected chi connectivity index (χ4v) is 1.36. The Bertz CT molecular complexity index is 581. The number of ether oxygens (including phenoxy) is 1. The molecule has 0 amide bonds. The van der Waals surface area contributed by atoms with Gasteiger partial charge in [-0.1, -0.05) is 0 Å². The van der Waals surface area contributed by atoms with Crippen LogP contribution in [0.4, 0.5) is 23.2 Å². The number of hydrogen-bond acceptors (Lipinski definition) is 3. The highest BCUT2D eigenvalue weighted by atomic mass is 19.4. The molecule has 0 saturated carbocycles. The van der Waals surface area contributed by atoms with E-state index in [4.69, 9.17) is 10.5 Å². The molecule has 1 aromatic heterocycles. The molecule has 0 atom stereocenters. The average molecular weight is 272 g/mol. The molecular formula is C12H8F4N2O. The Hall–Kier alpha value is -2.31. The average Bonchev–Trinajstić information content (AvgIpc) is 2.33. The highest BCUT2D eigenvalue weighted by molar-refractivity contribution is 5.38. The first kappa shape index (κ1) is 13.1. The van der Waals surface area contributed by atoms with Gasteiger partial charge in [0, 0.05) is 6.07 Å². The predicted octanol–water partition coefficient (Wildman–Crippen LogP) is 3.61. The first-order valence-electron chi connectivity index (χ1n) is 5.12. The van der Waals surface area contributed by atoms with Crippen LogP contribution in [0.3, 0.4) is 0 Å². The van der Waals surface area contributed by atoms with Crippen LogP contribution in [-0.2, 0) is 6.18 Å². The van der Waals surface area contributed by atoms with Crippen LogP contribution in [0.25, 0.3) is 0 Å². The number of rotatable bonds is 2. The zero-order chi connectivity index (χ0) is 14.0. The molecule has 0 saturated heterocycles. The van der Waals surface area contributed by atoms with Crippen LogP contribution in [0.5, 0.6) is 11.6 Å². The molecule has 19 heavy (non-hydrogen) atoms. The van der Waals surface area contributed by atoms with Gasteiger partial charge in [0.15, 0.2) is 0 Å². The first-order valence-corrected chi connectivity index (χ1v) is 5.12. The number of nitrogens with zero attached hydrogens (tertiary/aromatic N) is 1. The van der Waals surface area contributed by atoms with E-state index in [1.54, 1.807) is 0 Å². The minimum atomic E-state index is -4.78. The van der Waals surface area contributed by atoms with Gasteiger partial charge in [0.1, 0.15) is 11.6 Å². The maximum absolute atomic E-state index is 13.0. The van der Waals surface area contributed by atoms with Crippen LogP contribution in [0.15, 0.2) is 36.5 Å². The van der Waals surface area contributed by atoms with E-state index in [0.717, 1.165) is 6.07 Å². The van der Waals surface area contributed by atoms with Crippen molar-refractivity contribution in [3.05, 3.63) is 47.9 Å². The van der Waals surface area contributed by atoms with E-state index < -0.39 is 17.6 Å². The largest absolute Gasteiger partial charge is 0.439 e. The van der Waals surface area contributed by atoms with Crippen molar-refractivity contribution in [1.82, 2.24) is 4.98 Å². The highest BCUT2D eigenvalue weighted by Crippen LogP contribution is 2.34. The third-order valence-electron chi connectivity index (χ3n) is 2.22. The van der Waals surface area contributed by atoms with Crippen LogP contribution in [0.2, 0.25) is 0 Å². The van der Waals surface area contributed by atoms with Crippen LogP contribution in [0.1, 0.15) is 5.56 Å². The van der Waals surface area contributed by atoms with Gasteiger partial charge in [-0.15, -0.1) is 0 Å². The molecule has 2 aromatic rings. The summed E-state index contributed by atoms with van der Waals surface area (Å²) in [5, 5.41) is 0. The summed E-state index contributed by atoms with van der Waals surface area (Å²) < 4.78 is 55.6. The standard InChI is InChI=1S/C12H8F4N2O/c13-10-3-2-8(5-9(10)12(14,15)16)19-11-4-1-7(17)6-18-11/h1-6H,17H2. The molecule has 0 aliphatic rings. The molecule has 0 bridgehead atoms. The topological polar surface area (TPSA) is 48.1 Å². The molecular weight excluding hydrogens is 264 g/mol. The number of hydrogen-bond donors (Lipinski definition) is 1. The maximum Gasteiger partial charge on any atom is 0.419 e. The van der Waals surface area contributed by atoms with Crippen molar-refractivity contribution in [3.63, 3.8) is 0 Å². The third kappa shape index (κ3) is 3.12. The Morgan fingerprint density at radius 2 is 1.84 bits per heavy atom. The lowest BCUT2D eigenvalue weighted by Crippen LogP contribution is -2.08. The molecule has 2 N–H and O–H groups in total. The highest BCUT2D eigenvalue weighted by Gasteiger charge is 2.34. The zero-order valence-corrected chi connectivity index (χ0v) is 9.41. The van der Waals surface area contributed by atoms with Gasteiger partial charge >= 0.3 is 6.18 Å². The van der Waals surface area contributed by atoms with E-state index in [1.165, 1.54) is 18.3 Å². The van der Waals surface area contributed by atoms with E-state index in [0.29, 0.717) is 17.8 Å². The number of alkyl halides is 3. The number of pyridine rings is 1. The fraction of sp³-hybridized carbons (Fsp3) is 0.0833. The summed E-state index contributed by atoms with van der Waals surface area (Å²) in [6, 6.07) is 5.23. The normalized spacial score (nSPS) is 11.4. The number of halogens is 4. The first-order chi connectivity index (χ1) is 8.86. The van der Waals surface area contributed by atoms with E-state index in [9.17, 15) is 17.6 Å². The van der Waals surface area contributed by atoms with E-state index >= 15 is 0 Å².